The molecular weight excluding hydrogens is 230 g/mol. The molecule has 0 spiro atoms. The first-order valence-corrected chi connectivity index (χ1v) is 6.38. The first kappa shape index (κ1) is 12.7. The molecule has 1 aliphatic rings. The first-order chi connectivity index (χ1) is 8.68. The first-order valence-electron chi connectivity index (χ1n) is 6.38. The molecule has 2 unspecified atom stereocenters. The number of nitrogens with zero attached hydrogens (tertiary/aromatic N) is 1. The second-order valence-electron chi connectivity index (χ2n) is 4.86. The fourth-order valence-electron chi connectivity index (χ4n) is 2.64. The highest BCUT2D eigenvalue weighted by Crippen LogP contribution is 2.26. The molecule has 1 aliphatic carbocycles. The quantitative estimate of drug-likeness (QED) is 0.607. The third kappa shape index (κ3) is 2.94. The molecule has 0 heterocycles. The van der Waals surface area contributed by atoms with Crippen LogP contribution < -0.4 is 0 Å². The number of benzene rings is 1. The fraction of sp³-hybridized carbons (Fsp3) is 0.500. The molecule has 1 aromatic rings. The van der Waals surface area contributed by atoms with E-state index in [1.807, 2.05) is 30.3 Å². The largest absolute Gasteiger partial charge is 0.299 e. The Hall–Kier alpha value is -1.71. The average molecular weight is 247 g/mol. The van der Waals surface area contributed by atoms with Gasteiger partial charge in [0.1, 0.15) is 5.78 Å². The summed E-state index contributed by atoms with van der Waals surface area (Å²) >= 11 is 0. The molecule has 4 heteroatoms. The maximum atomic E-state index is 11.8. The topological polar surface area (TPSA) is 60.2 Å². The SMILES string of the molecule is O=C1CCCCC1C(Cc1ccccc1)[N+](=O)[O-]. The Labute approximate surface area is 106 Å². The molecule has 1 saturated carbocycles. The molecule has 1 fully saturated rings. The summed E-state index contributed by atoms with van der Waals surface area (Å²) < 4.78 is 0. The van der Waals surface area contributed by atoms with Gasteiger partial charge in [-0.25, -0.2) is 0 Å². The van der Waals surface area contributed by atoms with Gasteiger partial charge in [0.05, 0.1) is 5.92 Å². The molecule has 0 amide bonds. The smallest absolute Gasteiger partial charge is 0.226 e. The van der Waals surface area contributed by atoms with E-state index in [4.69, 9.17) is 0 Å². The van der Waals surface area contributed by atoms with Crippen LogP contribution in [0.1, 0.15) is 31.2 Å². The summed E-state index contributed by atoms with van der Waals surface area (Å²) in [6.45, 7) is 0. The van der Waals surface area contributed by atoms with E-state index in [0.29, 0.717) is 19.3 Å². The molecule has 0 N–H and O–H groups in total. The van der Waals surface area contributed by atoms with E-state index in [1.165, 1.54) is 0 Å². The van der Waals surface area contributed by atoms with E-state index < -0.39 is 12.0 Å². The summed E-state index contributed by atoms with van der Waals surface area (Å²) in [5.74, 6) is -0.326. The third-order valence-corrected chi connectivity index (χ3v) is 3.62. The summed E-state index contributed by atoms with van der Waals surface area (Å²) in [7, 11) is 0. The maximum absolute atomic E-state index is 11.8. The van der Waals surface area contributed by atoms with Crippen LogP contribution >= 0.6 is 0 Å². The predicted octanol–water partition coefficient (Wildman–Crippen LogP) is 2.63. The summed E-state index contributed by atoms with van der Waals surface area (Å²) in [5, 5.41) is 11.2. The highest BCUT2D eigenvalue weighted by atomic mass is 16.6. The van der Waals surface area contributed by atoms with E-state index in [2.05, 4.69) is 0 Å². The number of ketones is 1. The normalized spacial score (nSPS) is 21.6. The minimum Gasteiger partial charge on any atom is -0.299 e. The lowest BCUT2D eigenvalue weighted by Gasteiger charge is -2.23. The number of Topliss-reactive ketones (excluding diaryl/α,β-unsaturated/α-hetero) is 1. The van der Waals surface area contributed by atoms with E-state index >= 15 is 0 Å². The van der Waals surface area contributed by atoms with Crippen LogP contribution in [0.15, 0.2) is 30.3 Å². The Balaban J connectivity index is 2.13. The molecular formula is C14H17NO3. The molecule has 0 aliphatic heterocycles. The minimum atomic E-state index is -0.764. The van der Waals surface area contributed by atoms with Gasteiger partial charge in [0.15, 0.2) is 0 Å². The Bertz CT molecular complexity index is 430. The van der Waals surface area contributed by atoms with E-state index in [-0.39, 0.29) is 10.7 Å². The molecule has 1 aromatic carbocycles. The van der Waals surface area contributed by atoms with Gasteiger partial charge in [0.2, 0.25) is 6.04 Å². The zero-order valence-corrected chi connectivity index (χ0v) is 10.2. The number of rotatable bonds is 4. The van der Waals surface area contributed by atoms with Crippen LogP contribution in [0.4, 0.5) is 0 Å². The highest BCUT2D eigenvalue weighted by molar-refractivity contribution is 5.82. The number of carbonyl (C=O) groups is 1. The molecule has 0 aromatic heterocycles. The molecule has 4 nitrogen and oxygen atoms in total. The van der Waals surface area contributed by atoms with Crippen LogP contribution in [0.25, 0.3) is 0 Å². The van der Waals surface area contributed by atoms with Gasteiger partial charge in [-0.15, -0.1) is 0 Å². The third-order valence-electron chi connectivity index (χ3n) is 3.62. The molecule has 2 atom stereocenters. The molecule has 2 rings (SSSR count). The zero-order valence-electron chi connectivity index (χ0n) is 10.2. The second-order valence-corrected chi connectivity index (χ2v) is 4.86. The van der Waals surface area contributed by atoms with Crippen LogP contribution in [0.3, 0.4) is 0 Å². The lowest BCUT2D eigenvalue weighted by atomic mass is 9.81. The van der Waals surface area contributed by atoms with Gasteiger partial charge in [-0.1, -0.05) is 36.8 Å². The monoisotopic (exact) mass is 247 g/mol. The molecule has 0 saturated heterocycles. The maximum Gasteiger partial charge on any atom is 0.226 e. The van der Waals surface area contributed by atoms with Gasteiger partial charge in [0, 0.05) is 17.8 Å². The van der Waals surface area contributed by atoms with Crippen molar-refractivity contribution < 1.29 is 9.72 Å². The van der Waals surface area contributed by atoms with E-state index in [1.54, 1.807) is 0 Å². The van der Waals surface area contributed by atoms with Crippen molar-refractivity contribution in [3.63, 3.8) is 0 Å². The van der Waals surface area contributed by atoms with Gasteiger partial charge in [-0.05, 0) is 18.4 Å². The van der Waals surface area contributed by atoms with Crippen LogP contribution in [-0.2, 0) is 11.2 Å². The van der Waals surface area contributed by atoms with Gasteiger partial charge in [0.25, 0.3) is 0 Å². The lowest BCUT2D eigenvalue weighted by molar-refractivity contribution is -0.529. The van der Waals surface area contributed by atoms with Crippen molar-refractivity contribution in [1.82, 2.24) is 0 Å². The van der Waals surface area contributed by atoms with Crippen molar-refractivity contribution >= 4 is 5.78 Å². The van der Waals surface area contributed by atoms with Crippen molar-refractivity contribution in [1.29, 1.82) is 0 Å². The van der Waals surface area contributed by atoms with Crippen LogP contribution in [0, 0.1) is 16.0 Å². The van der Waals surface area contributed by atoms with Crippen molar-refractivity contribution in [2.24, 2.45) is 5.92 Å². The van der Waals surface area contributed by atoms with Crippen molar-refractivity contribution in [3.05, 3.63) is 46.0 Å². The lowest BCUT2D eigenvalue weighted by Crippen LogP contribution is -2.38. The van der Waals surface area contributed by atoms with Gasteiger partial charge < -0.3 is 0 Å². The molecule has 18 heavy (non-hydrogen) atoms. The zero-order chi connectivity index (χ0) is 13.0. The molecule has 0 bridgehead atoms. The summed E-state index contributed by atoms with van der Waals surface area (Å²) in [4.78, 5) is 22.8. The van der Waals surface area contributed by atoms with Gasteiger partial charge >= 0.3 is 0 Å². The van der Waals surface area contributed by atoms with Crippen LogP contribution in [0.5, 0.6) is 0 Å². The number of hydrogen-bond donors (Lipinski definition) is 0. The van der Waals surface area contributed by atoms with E-state index in [0.717, 1.165) is 18.4 Å². The van der Waals surface area contributed by atoms with Gasteiger partial charge in [-0.3, -0.25) is 14.9 Å². The van der Waals surface area contributed by atoms with Crippen molar-refractivity contribution in [3.8, 4) is 0 Å². The Morgan fingerprint density at radius 1 is 1.28 bits per heavy atom. The Kier molecular flexibility index (Phi) is 4.07. The number of carbonyl (C=O) groups excluding carboxylic acids is 1. The van der Waals surface area contributed by atoms with Gasteiger partial charge in [-0.2, -0.15) is 0 Å². The highest BCUT2D eigenvalue weighted by Gasteiger charge is 2.37. The van der Waals surface area contributed by atoms with Crippen LogP contribution in [0.2, 0.25) is 0 Å². The minimum absolute atomic E-state index is 0.0684. The number of hydrogen-bond acceptors (Lipinski definition) is 3. The van der Waals surface area contributed by atoms with E-state index in [9.17, 15) is 14.9 Å². The summed E-state index contributed by atoms with van der Waals surface area (Å²) in [6, 6.07) is 8.62. The second kappa shape index (κ2) is 5.76. The predicted molar refractivity (Wildman–Crippen MR) is 67.9 cm³/mol. The summed E-state index contributed by atoms with van der Waals surface area (Å²) in [5.41, 5.74) is 0.928. The average Bonchev–Trinajstić information content (AvgIpc) is 2.38. The van der Waals surface area contributed by atoms with Crippen LogP contribution in [-0.4, -0.2) is 16.7 Å². The van der Waals surface area contributed by atoms with Crippen molar-refractivity contribution in [2.45, 2.75) is 38.1 Å². The standard InChI is InChI=1S/C14H17NO3/c16-14-9-5-4-8-12(14)13(15(17)18)10-11-6-2-1-3-7-11/h1-3,6-7,12-13H,4-5,8-10H2. The Morgan fingerprint density at radius 2 is 2.00 bits per heavy atom. The summed E-state index contributed by atoms with van der Waals surface area (Å²) in [6.07, 6.45) is 3.33. The molecule has 0 radical (unpaired) electrons. The van der Waals surface area contributed by atoms with Crippen molar-refractivity contribution in [2.75, 3.05) is 0 Å². The molecule has 96 valence electrons. The Morgan fingerprint density at radius 3 is 2.61 bits per heavy atom. The fourth-order valence-corrected chi connectivity index (χ4v) is 2.64. The number of nitro groups is 1.